The predicted octanol–water partition coefficient (Wildman–Crippen LogP) is 1.42. The van der Waals surface area contributed by atoms with E-state index in [1.807, 2.05) is 6.92 Å². The maximum atomic E-state index is 11.9. The van der Waals surface area contributed by atoms with Crippen LogP contribution in [-0.4, -0.2) is 34.5 Å². The van der Waals surface area contributed by atoms with E-state index in [4.69, 9.17) is 9.47 Å². The summed E-state index contributed by atoms with van der Waals surface area (Å²) in [7, 11) is 0. The number of esters is 1. The molecule has 3 fully saturated rings. The molecule has 4 rings (SSSR count). The van der Waals surface area contributed by atoms with Crippen LogP contribution in [0, 0.1) is 17.8 Å². The lowest BCUT2D eigenvalue weighted by Gasteiger charge is -2.29. The Bertz CT molecular complexity index is 498. The van der Waals surface area contributed by atoms with Gasteiger partial charge in [-0.2, -0.15) is 0 Å². The fourth-order valence-corrected chi connectivity index (χ4v) is 4.84. The standard InChI is InChI=1S/C15H20O4/c1-7-4-5-15-11(7)12-10(8(2)13(17)18-12)9(16)6-14(15,3)19-15/h4,8-12,16H,5-6H2,1-3H3/t8-,9+,10-,11-,12+,14+,15-/m1/s1. The summed E-state index contributed by atoms with van der Waals surface area (Å²) in [5, 5.41) is 10.5. The van der Waals surface area contributed by atoms with E-state index >= 15 is 0 Å². The summed E-state index contributed by atoms with van der Waals surface area (Å²) in [6.07, 6.45) is 2.95. The van der Waals surface area contributed by atoms with Gasteiger partial charge >= 0.3 is 5.97 Å². The number of hydrogen-bond acceptors (Lipinski definition) is 4. The first-order chi connectivity index (χ1) is 8.90. The first kappa shape index (κ1) is 11.9. The number of carbonyl (C=O) groups excluding carboxylic acids is 1. The quantitative estimate of drug-likeness (QED) is 0.408. The van der Waals surface area contributed by atoms with Crippen molar-refractivity contribution in [1.29, 1.82) is 0 Å². The Hall–Kier alpha value is -0.870. The molecule has 0 radical (unpaired) electrons. The van der Waals surface area contributed by atoms with Crippen molar-refractivity contribution in [2.45, 2.75) is 57.0 Å². The molecular weight excluding hydrogens is 244 g/mol. The van der Waals surface area contributed by atoms with Crippen LogP contribution in [0.1, 0.15) is 33.6 Å². The zero-order valence-electron chi connectivity index (χ0n) is 11.6. The highest BCUT2D eigenvalue weighted by atomic mass is 16.6. The Morgan fingerprint density at radius 1 is 1.47 bits per heavy atom. The topological polar surface area (TPSA) is 59.1 Å². The van der Waals surface area contributed by atoms with Gasteiger partial charge in [-0.05, 0) is 20.3 Å². The van der Waals surface area contributed by atoms with Crippen LogP contribution >= 0.6 is 0 Å². The van der Waals surface area contributed by atoms with Crippen molar-refractivity contribution < 1.29 is 19.4 Å². The molecule has 2 saturated heterocycles. The minimum absolute atomic E-state index is 0.0935. The summed E-state index contributed by atoms with van der Waals surface area (Å²) >= 11 is 0. The van der Waals surface area contributed by atoms with Gasteiger partial charge in [-0.15, -0.1) is 0 Å². The Labute approximate surface area is 112 Å². The number of carbonyl (C=O) groups is 1. The van der Waals surface area contributed by atoms with E-state index in [9.17, 15) is 9.90 Å². The molecular formula is C15H20O4. The maximum Gasteiger partial charge on any atom is 0.309 e. The highest BCUT2D eigenvalue weighted by Gasteiger charge is 2.77. The Morgan fingerprint density at radius 2 is 2.21 bits per heavy atom. The van der Waals surface area contributed by atoms with E-state index < -0.39 is 6.10 Å². The minimum Gasteiger partial charge on any atom is -0.461 e. The molecule has 7 atom stereocenters. The van der Waals surface area contributed by atoms with Gasteiger partial charge in [0.05, 0.1) is 17.6 Å². The molecule has 1 saturated carbocycles. The highest BCUT2D eigenvalue weighted by Crippen LogP contribution is 2.67. The summed E-state index contributed by atoms with van der Waals surface area (Å²) in [5.74, 6) is -0.364. The van der Waals surface area contributed by atoms with Crippen molar-refractivity contribution in [1.82, 2.24) is 0 Å². The number of epoxide rings is 1. The fraction of sp³-hybridized carbons (Fsp3) is 0.800. The third kappa shape index (κ3) is 1.20. The predicted molar refractivity (Wildman–Crippen MR) is 67.2 cm³/mol. The van der Waals surface area contributed by atoms with Crippen LogP contribution in [0.3, 0.4) is 0 Å². The number of ether oxygens (including phenoxy) is 2. The lowest BCUT2D eigenvalue weighted by molar-refractivity contribution is -0.145. The van der Waals surface area contributed by atoms with Gasteiger partial charge in [0.25, 0.3) is 0 Å². The van der Waals surface area contributed by atoms with Crippen molar-refractivity contribution in [2.75, 3.05) is 0 Å². The minimum atomic E-state index is -0.519. The van der Waals surface area contributed by atoms with Gasteiger partial charge in [-0.25, -0.2) is 0 Å². The van der Waals surface area contributed by atoms with E-state index in [1.165, 1.54) is 5.57 Å². The smallest absolute Gasteiger partial charge is 0.309 e. The first-order valence-electron chi connectivity index (χ1n) is 7.15. The van der Waals surface area contributed by atoms with Gasteiger partial charge in [0.2, 0.25) is 0 Å². The van der Waals surface area contributed by atoms with Gasteiger partial charge in [-0.3, -0.25) is 4.79 Å². The molecule has 4 aliphatic rings. The second-order valence-electron chi connectivity index (χ2n) is 6.89. The molecule has 0 aromatic heterocycles. The lowest BCUT2D eigenvalue weighted by atomic mass is 9.77. The molecule has 0 aromatic rings. The fourth-order valence-electron chi connectivity index (χ4n) is 4.84. The zero-order chi connectivity index (χ0) is 13.6. The second kappa shape index (κ2) is 3.23. The third-order valence-electron chi connectivity index (χ3n) is 5.93. The monoisotopic (exact) mass is 264 g/mol. The average Bonchev–Trinajstić information content (AvgIpc) is 2.58. The van der Waals surface area contributed by atoms with Crippen LogP contribution in [0.5, 0.6) is 0 Å². The highest BCUT2D eigenvalue weighted by molar-refractivity contribution is 5.75. The molecule has 1 spiro atoms. The van der Waals surface area contributed by atoms with Crippen molar-refractivity contribution >= 4 is 5.97 Å². The summed E-state index contributed by atoms with van der Waals surface area (Å²) in [5.41, 5.74) is 0.749. The summed E-state index contributed by atoms with van der Waals surface area (Å²) in [6, 6.07) is 0. The third-order valence-corrected chi connectivity index (χ3v) is 5.93. The van der Waals surface area contributed by atoms with Crippen molar-refractivity contribution in [3.8, 4) is 0 Å². The van der Waals surface area contributed by atoms with Crippen LogP contribution in [-0.2, 0) is 14.3 Å². The van der Waals surface area contributed by atoms with Crippen molar-refractivity contribution in [3.05, 3.63) is 11.6 Å². The van der Waals surface area contributed by atoms with Gasteiger partial charge in [0, 0.05) is 18.3 Å². The molecule has 4 heteroatoms. The number of rotatable bonds is 0. The van der Waals surface area contributed by atoms with Crippen LogP contribution in [0.2, 0.25) is 0 Å². The van der Waals surface area contributed by atoms with E-state index in [-0.39, 0.29) is 41.0 Å². The van der Waals surface area contributed by atoms with Crippen LogP contribution in [0.15, 0.2) is 11.6 Å². The van der Waals surface area contributed by atoms with E-state index in [2.05, 4.69) is 19.9 Å². The summed E-state index contributed by atoms with van der Waals surface area (Å²) in [4.78, 5) is 11.9. The van der Waals surface area contributed by atoms with E-state index in [1.54, 1.807) is 0 Å². The molecule has 104 valence electrons. The number of aliphatic hydroxyl groups excluding tert-OH is 1. The Kier molecular flexibility index (Phi) is 2.03. The molecule has 4 nitrogen and oxygen atoms in total. The average molecular weight is 264 g/mol. The summed E-state index contributed by atoms with van der Waals surface area (Å²) in [6.45, 7) is 6.05. The van der Waals surface area contributed by atoms with Crippen LogP contribution in [0.4, 0.5) is 0 Å². The van der Waals surface area contributed by atoms with Gasteiger partial charge in [0.15, 0.2) is 0 Å². The van der Waals surface area contributed by atoms with Crippen LogP contribution < -0.4 is 0 Å². The Balaban J connectivity index is 1.82. The zero-order valence-corrected chi connectivity index (χ0v) is 11.6. The molecule has 2 aliphatic carbocycles. The van der Waals surface area contributed by atoms with Gasteiger partial charge in [0.1, 0.15) is 11.7 Å². The summed E-state index contributed by atoms with van der Waals surface area (Å²) < 4.78 is 11.7. The van der Waals surface area contributed by atoms with Gasteiger partial charge < -0.3 is 14.6 Å². The van der Waals surface area contributed by atoms with Crippen LogP contribution in [0.25, 0.3) is 0 Å². The molecule has 0 amide bonds. The van der Waals surface area contributed by atoms with E-state index in [0.29, 0.717) is 6.42 Å². The lowest BCUT2D eigenvalue weighted by Crippen LogP contribution is -2.39. The maximum absolute atomic E-state index is 11.9. The molecule has 19 heavy (non-hydrogen) atoms. The largest absolute Gasteiger partial charge is 0.461 e. The first-order valence-corrected chi connectivity index (χ1v) is 7.15. The molecule has 0 aromatic carbocycles. The molecule has 2 aliphatic heterocycles. The number of aliphatic hydroxyl groups is 1. The van der Waals surface area contributed by atoms with Crippen molar-refractivity contribution in [2.24, 2.45) is 17.8 Å². The number of fused-ring (bicyclic) bond motifs is 2. The van der Waals surface area contributed by atoms with Gasteiger partial charge in [-0.1, -0.05) is 18.6 Å². The second-order valence-corrected chi connectivity index (χ2v) is 6.89. The Morgan fingerprint density at radius 3 is 2.95 bits per heavy atom. The normalized spacial score (nSPS) is 58.6. The molecule has 0 bridgehead atoms. The SMILES string of the molecule is CC1=CC[C@]23O[C@@]2(C)C[C@H](O)[C@@H]2[C@H](OC(=O)[C@@H]2C)[C@@H]13. The molecule has 2 heterocycles. The molecule has 0 unspecified atom stereocenters. The molecule has 1 N–H and O–H groups in total. The van der Waals surface area contributed by atoms with E-state index in [0.717, 1.165) is 6.42 Å². The number of hydrogen-bond donors (Lipinski definition) is 1. The van der Waals surface area contributed by atoms with Crippen molar-refractivity contribution in [3.63, 3.8) is 0 Å².